The molecule has 2 nitrogen and oxygen atoms in total. The van der Waals surface area contributed by atoms with Crippen molar-refractivity contribution in [2.75, 3.05) is 0 Å². The quantitative estimate of drug-likeness (QED) is 0.403. The van der Waals surface area contributed by atoms with Crippen LogP contribution in [0.1, 0.15) is 52.7 Å². The van der Waals surface area contributed by atoms with Crippen LogP contribution in [-0.4, -0.2) is 23.8 Å². The number of fused-ring (bicyclic) bond motifs is 7. The van der Waals surface area contributed by atoms with E-state index in [9.17, 15) is 5.11 Å². The molecule has 32 heavy (non-hydrogen) atoms. The molecular formula is C29H30BO2. The molecule has 0 saturated carbocycles. The Hall–Kier alpha value is -2.62. The van der Waals surface area contributed by atoms with Crippen LogP contribution >= 0.6 is 0 Å². The molecule has 0 saturated heterocycles. The summed E-state index contributed by atoms with van der Waals surface area (Å²) in [5, 5.41) is 15.6. The molecule has 5 rings (SSSR count). The van der Waals surface area contributed by atoms with Crippen molar-refractivity contribution in [1.82, 2.24) is 0 Å². The summed E-state index contributed by atoms with van der Waals surface area (Å²) < 4.78 is 6.26. The van der Waals surface area contributed by atoms with Crippen LogP contribution in [0.4, 0.5) is 0 Å². The van der Waals surface area contributed by atoms with E-state index in [1.807, 2.05) is 21.3 Å². The highest BCUT2D eigenvalue weighted by molar-refractivity contribution is 6.49. The molecule has 0 aromatic heterocycles. The standard InChI is InChI=1S/C29H30BO2/c1-27(2)25-21-14-10-7-11-18(21)15-16-22(25)24-20-13-9-8-12-19(20)17-23(26(24)27)30-32-29(5,6)28(3,4)31/h7-17,31H,1-6H3. The van der Waals surface area contributed by atoms with E-state index in [2.05, 4.69) is 80.6 Å². The molecule has 1 N–H and O–H groups in total. The molecule has 0 aliphatic heterocycles. The zero-order valence-electron chi connectivity index (χ0n) is 19.8. The average Bonchev–Trinajstić information content (AvgIpc) is 2.99. The summed E-state index contributed by atoms with van der Waals surface area (Å²) in [5.41, 5.74) is 4.44. The van der Waals surface area contributed by atoms with Crippen molar-refractivity contribution in [2.24, 2.45) is 0 Å². The highest BCUT2D eigenvalue weighted by atomic mass is 16.5. The zero-order chi connectivity index (χ0) is 22.9. The Morgan fingerprint density at radius 2 is 1.41 bits per heavy atom. The first kappa shape index (κ1) is 21.2. The van der Waals surface area contributed by atoms with Crippen LogP contribution in [0.25, 0.3) is 32.7 Å². The molecule has 3 heteroatoms. The normalized spacial score (nSPS) is 15.1. The van der Waals surface area contributed by atoms with Gasteiger partial charge in [-0.2, -0.15) is 0 Å². The van der Waals surface area contributed by atoms with Gasteiger partial charge in [0.15, 0.2) is 0 Å². The van der Waals surface area contributed by atoms with Crippen molar-refractivity contribution in [3.8, 4) is 11.1 Å². The fraction of sp³-hybridized carbons (Fsp3) is 0.310. The van der Waals surface area contributed by atoms with Crippen LogP contribution in [-0.2, 0) is 10.1 Å². The molecule has 1 aliphatic rings. The number of rotatable bonds is 4. The Kier molecular flexibility index (Phi) is 4.61. The van der Waals surface area contributed by atoms with Crippen molar-refractivity contribution >= 4 is 34.5 Å². The summed E-state index contributed by atoms with van der Waals surface area (Å²) in [7, 11) is 1.86. The summed E-state index contributed by atoms with van der Waals surface area (Å²) in [6, 6.07) is 24.0. The topological polar surface area (TPSA) is 29.5 Å². The Morgan fingerprint density at radius 3 is 2.09 bits per heavy atom. The summed E-state index contributed by atoms with van der Waals surface area (Å²) in [6.07, 6.45) is 0. The lowest BCUT2D eigenvalue weighted by molar-refractivity contribution is -0.0893. The second kappa shape index (κ2) is 6.94. The zero-order valence-corrected chi connectivity index (χ0v) is 19.8. The molecule has 1 aliphatic carbocycles. The van der Waals surface area contributed by atoms with Gasteiger partial charge in [0, 0.05) is 5.41 Å². The van der Waals surface area contributed by atoms with Gasteiger partial charge >= 0.3 is 7.48 Å². The predicted octanol–water partition coefficient (Wildman–Crippen LogP) is 6.11. The lowest BCUT2D eigenvalue weighted by Gasteiger charge is -2.38. The first-order chi connectivity index (χ1) is 15.0. The third-order valence-electron chi connectivity index (χ3n) is 7.48. The minimum Gasteiger partial charge on any atom is -0.427 e. The fourth-order valence-corrected chi connectivity index (χ4v) is 5.05. The van der Waals surface area contributed by atoms with Crippen molar-refractivity contribution in [3.63, 3.8) is 0 Å². The molecule has 4 aromatic rings. The average molecular weight is 421 g/mol. The molecule has 0 amide bonds. The molecular weight excluding hydrogens is 391 g/mol. The maximum atomic E-state index is 10.6. The molecule has 0 unspecified atom stereocenters. The summed E-state index contributed by atoms with van der Waals surface area (Å²) >= 11 is 0. The Bertz CT molecular complexity index is 1360. The second-order valence-corrected chi connectivity index (χ2v) is 10.6. The smallest absolute Gasteiger partial charge is 0.331 e. The number of hydrogen-bond donors (Lipinski definition) is 1. The monoisotopic (exact) mass is 421 g/mol. The van der Waals surface area contributed by atoms with Crippen LogP contribution in [0.3, 0.4) is 0 Å². The first-order valence-electron chi connectivity index (χ1n) is 11.3. The van der Waals surface area contributed by atoms with Crippen molar-refractivity contribution in [1.29, 1.82) is 0 Å². The van der Waals surface area contributed by atoms with Crippen LogP contribution in [0, 0.1) is 0 Å². The molecule has 0 spiro atoms. The molecule has 0 fully saturated rings. The second-order valence-electron chi connectivity index (χ2n) is 10.6. The molecule has 161 valence electrons. The van der Waals surface area contributed by atoms with Gasteiger partial charge in [0.05, 0.1) is 11.2 Å². The largest absolute Gasteiger partial charge is 0.427 e. The Balaban J connectivity index is 1.78. The van der Waals surface area contributed by atoms with Crippen LogP contribution in [0.5, 0.6) is 0 Å². The van der Waals surface area contributed by atoms with Crippen molar-refractivity contribution in [2.45, 2.75) is 58.2 Å². The van der Waals surface area contributed by atoms with Gasteiger partial charge in [-0.25, -0.2) is 0 Å². The van der Waals surface area contributed by atoms with Gasteiger partial charge in [0.25, 0.3) is 0 Å². The third kappa shape index (κ3) is 3.03. The van der Waals surface area contributed by atoms with Crippen LogP contribution < -0.4 is 5.46 Å². The highest BCUT2D eigenvalue weighted by Gasteiger charge is 2.41. The van der Waals surface area contributed by atoms with Gasteiger partial charge in [-0.3, -0.25) is 0 Å². The number of hydrogen-bond acceptors (Lipinski definition) is 2. The van der Waals surface area contributed by atoms with Crippen LogP contribution in [0.2, 0.25) is 0 Å². The van der Waals surface area contributed by atoms with E-state index < -0.39 is 11.2 Å². The Labute approximate surface area is 191 Å². The summed E-state index contributed by atoms with van der Waals surface area (Å²) in [5.74, 6) is 0. The number of aliphatic hydroxyl groups is 1. The lowest BCUT2D eigenvalue weighted by atomic mass is 9.70. The third-order valence-corrected chi connectivity index (χ3v) is 7.48. The van der Waals surface area contributed by atoms with Gasteiger partial charge in [0.2, 0.25) is 0 Å². The van der Waals surface area contributed by atoms with Gasteiger partial charge in [-0.1, -0.05) is 80.6 Å². The molecule has 1 radical (unpaired) electrons. The molecule has 4 aromatic carbocycles. The summed E-state index contributed by atoms with van der Waals surface area (Å²) in [4.78, 5) is 0. The summed E-state index contributed by atoms with van der Waals surface area (Å²) in [6.45, 7) is 12.1. The molecule has 0 bridgehead atoms. The van der Waals surface area contributed by atoms with E-state index in [0.29, 0.717) is 0 Å². The van der Waals surface area contributed by atoms with E-state index in [1.165, 1.54) is 43.8 Å². The van der Waals surface area contributed by atoms with E-state index in [1.54, 1.807) is 13.8 Å². The van der Waals surface area contributed by atoms with Gasteiger partial charge < -0.3 is 9.76 Å². The minimum absolute atomic E-state index is 0.191. The SMILES string of the molecule is CC1(C)c2c([B]OC(C)(C)C(C)(C)O)cc3ccccc3c2-c2ccc3ccccc3c21. The van der Waals surface area contributed by atoms with E-state index in [0.717, 1.165) is 5.46 Å². The molecule has 0 atom stereocenters. The maximum Gasteiger partial charge on any atom is 0.331 e. The lowest BCUT2D eigenvalue weighted by Crippen LogP contribution is -2.49. The van der Waals surface area contributed by atoms with Crippen molar-refractivity contribution in [3.05, 3.63) is 77.9 Å². The van der Waals surface area contributed by atoms with Gasteiger partial charge in [0.1, 0.15) is 0 Å². The Morgan fingerprint density at radius 1 is 0.781 bits per heavy atom. The van der Waals surface area contributed by atoms with E-state index in [4.69, 9.17) is 4.65 Å². The minimum atomic E-state index is -0.974. The maximum absolute atomic E-state index is 10.6. The fourth-order valence-electron chi connectivity index (χ4n) is 5.05. The predicted molar refractivity (Wildman–Crippen MR) is 136 cm³/mol. The highest BCUT2D eigenvalue weighted by Crippen LogP contribution is 2.52. The number of benzene rings is 4. The van der Waals surface area contributed by atoms with Crippen molar-refractivity contribution < 1.29 is 9.76 Å². The van der Waals surface area contributed by atoms with E-state index >= 15 is 0 Å². The van der Waals surface area contributed by atoms with Crippen LogP contribution in [0.15, 0.2) is 66.7 Å². The first-order valence-corrected chi connectivity index (χ1v) is 11.3. The van der Waals surface area contributed by atoms with Gasteiger partial charge in [-0.15, -0.1) is 0 Å². The van der Waals surface area contributed by atoms with Gasteiger partial charge in [-0.05, 0) is 77.0 Å². The van der Waals surface area contributed by atoms with E-state index in [-0.39, 0.29) is 5.41 Å². The molecule has 0 heterocycles.